The molecule has 0 unspecified atom stereocenters. The molecule has 0 bridgehead atoms. The molecule has 3 rings (SSSR count). The van der Waals surface area contributed by atoms with Gasteiger partial charge in [0.25, 0.3) is 0 Å². The van der Waals surface area contributed by atoms with Gasteiger partial charge in [-0.3, -0.25) is 4.79 Å². The highest BCUT2D eigenvalue weighted by atomic mass is 16.1. The SMILES string of the molecule is Cn1ccnc1C(=O)[C@H]1CCCN(c2nccc(N)n2)C1. The first-order valence-corrected chi connectivity index (χ1v) is 7.00. The average Bonchev–Trinajstić information content (AvgIpc) is 2.93. The van der Waals surface area contributed by atoms with E-state index < -0.39 is 0 Å². The van der Waals surface area contributed by atoms with E-state index in [-0.39, 0.29) is 11.7 Å². The Labute approximate surface area is 122 Å². The maximum absolute atomic E-state index is 12.5. The molecule has 110 valence electrons. The van der Waals surface area contributed by atoms with Crippen molar-refractivity contribution in [3.63, 3.8) is 0 Å². The molecule has 1 saturated heterocycles. The maximum Gasteiger partial charge on any atom is 0.227 e. The molecule has 1 fully saturated rings. The van der Waals surface area contributed by atoms with Crippen LogP contribution in [-0.4, -0.2) is 38.4 Å². The van der Waals surface area contributed by atoms with Crippen LogP contribution >= 0.6 is 0 Å². The van der Waals surface area contributed by atoms with Gasteiger partial charge in [-0.2, -0.15) is 4.98 Å². The van der Waals surface area contributed by atoms with Crippen LogP contribution in [0.25, 0.3) is 0 Å². The topological polar surface area (TPSA) is 89.9 Å². The lowest BCUT2D eigenvalue weighted by Gasteiger charge is -2.31. The van der Waals surface area contributed by atoms with E-state index in [0.717, 1.165) is 19.4 Å². The zero-order valence-electron chi connectivity index (χ0n) is 11.9. The number of nitrogens with two attached hydrogens (primary N) is 1. The van der Waals surface area contributed by atoms with Crippen LogP contribution in [0.3, 0.4) is 0 Å². The molecule has 0 amide bonds. The highest BCUT2D eigenvalue weighted by molar-refractivity contribution is 5.95. The lowest BCUT2D eigenvalue weighted by molar-refractivity contribution is 0.0893. The van der Waals surface area contributed by atoms with Crippen molar-refractivity contribution in [1.82, 2.24) is 19.5 Å². The van der Waals surface area contributed by atoms with Gasteiger partial charge in [0.2, 0.25) is 11.7 Å². The Morgan fingerprint density at radius 3 is 2.95 bits per heavy atom. The van der Waals surface area contributed by atoms with Crippen LogP contribution in [0, 0.1) is 5.92 Å². The number of nitrogen functional groups attached to an aromatic ring is 1. The minimum atomic E-state index is -0.0788. The molecule has 0 radical (unpaired) electrons. The van der Waals surface area contributed by atoms with Crippen molar-refractivity contribution in [2.24, 2.45) is 13.0 Å². The Morgan fingerprint density at radius 2 is 2.24 bits per heavy atom. The van der Waals surface area contributed by atoms with Crippen molar-refractivity contribution < 1.29 is 4.79 Å². The number of imidazole rings is 1. The van der Waals surface area contributed by atoms with Crippen LogP contribution in [0.2, 0.25) is 0 Å². The van der Waals surface area contributed by atoms with Gasteiger partial charge in [0.1, 0.15) is 5.82 Å². The summed E-state index contributed by atoms with van der Waals surface area (Å²) in [4.78, 5) is 27.2. The van der Waals surface area contributed by atoms with Crippen molar-refractivity contribution in [3.05, 3.63) is 30.5 Å². The third-order valence-electron chi connectivity index (χ3n) is 3.78. The molecule has 3 heterocycles. The third-order valence-corrected chi connectivity index (χ3v) is 3.78. The van der Waals surface area contributed by atoms with Gasteiger partial charge in [0.05, 0.1) is 0 Å². The molecular weight excluding hydrogens is 268 g/mol. The highest BCUT2D eigenvalue weighted by Gasteiger charge is 2.29. The maximum atomic E-state index is 12.5. The number of aromatic nitrogens is 4. The summed E-state index contributed by atoms with van der Waals surface area (Å²) in [5, 5.41) is 0. The van der Waals surface area contributed by atoms with Crippen molar-refractivity contribution in [2.75, 3.05) is 23.7 Å². The number of nitrogens with zero attached hydrogens (tertiary/aromatic N) is 5. The van der Waals surface area contributed by atoms with E-state index in [4.69, 9.17) is 5.73 Å². The molecule has 0 aromatic carbocycles. The van der Waals surface area contributed by atoms with Gasteiger partial charge in [-0.05, 0) is 18.9 Å². The van der Waals surface area contributed by atoms with Crippen LogP contribution in [0.4, 0.5) is 11.8 Å². The predicted octanol–water partition coefficient (Wildman–Crippen LogP) is 0.892. The molecular formula is C14H18N6O. The van der Waals surface area contributed by atoms with Crippen molar-refractivity contribution >= 4 is 17.5 Å². The van der Waals surface area contributed by atoms with Crippen LogP contribution < -0.4 is 10.6 Å². The number of anilines is 2. The molecule has 1 atom stereocenters. The number of piperidine rings is 1. The number of carbonyl (C=O) groups is 1. The summed E-state index contributed by atoms with van der Waals surface area (Å²) in [6.07, 6.45) is 6.87. The van der Waals surface area contributed by atoms with E-state index in [0.29, 0.717) is 24.1 Å². The Hall–Kier alpha value is -2.44. The molecule has 7 nitrogen and oxygen atoms in total. The Bertz CT molecular complexity index is 652. The average molecular weight is 286 g/mol. The highest BCUT2D eigenvalue weighted by Crippen LogP contribution is 2.23. The van der Waals surface area contributed by atoms with Crippen LogP contribution in [-0.2, 0) is 7.05 Å². The third kappa shape index (κ3) is 2.72. The van der Waals surface area contributed by atoms with Gasteiger partial charge in [0, 0.05) is 44.6 Å². The zero-order valence-corrected chi connectivity index (χ0v) is 11.9. The van der Waals surface area contributed by atoms with E-state index in [1.54, 1.807) is 29.2 Å². The largest absolute Gasteiger partial charge is 0.384 e. The minimum Gasteiger partial charge on any atom is -0.384 e. The minimum absolute atomic E-state index is 0.0788. The normalized spacial score (nSPS) is 18.7. The molecule has 1 aliphatic rings. The monoisotopic (exact) mass is 286 g/mol. The summed E-state index contributed by atoms with van der Waals surface area (Å²) in [6.45, 7) is 1.45. The fraction of sp³-hybridized carbons (Fsp3) is 0.429. The second-order valence-electron chi connectivity index (χ2n) is 5.29. The second kappa shape index (κ2) is 5.51. The number of carbonyl (C=O) groups excluding carboxylic acids is 1. The summed E-state index contributed by atoms with van der Waals surface area (Å²) < 4.78 is 1.76. The first-order valence-electron chi connectivity index (χ1n) is 7.00. The number of hydrogen-bond acceptors (Lipinski definition) is 6. The molecule has 21 heavy (non-hydrogen) atoms. The van der Waals surface area contributed by atoms with E-state index in [2.05, 4.69) is 15.0 Å². The molecule has 0 saturated carbocycles. The summed E-state index contributed by atoms with van der Waals surface area (Å²) in [6, 6.07) is 1.66. The Kier molecular flexibility index (Phi) is 3.55. The quantitative estimate of drug-likeness (QED) is 0.843. The first kappa shape index (κ1) is 13.5. The molecule has 2 aromatic rings. The van der Waals surface area contributed by atoms with Gasteiger partial charge in [-0.15, -0.1) is 0 Å². The molecule has 0 aliphatic carbocycles. The fourth-order valence-corrected chi connectivity index (χ4v) is 2.67. The Morgan fingerprint density at radius 1 is 1.38 bits per heavy atom. The Balaban J connectivity index is 1.77. The van der Waals surface area contributed by atoms with Gasteiger partial charge in [0.15, 0.2) is 5.82 Å². The lowest BCUT2D eigenvalue weighted by Crippen LogP contribution is -2.40. The summed E-state index contributed by atoms with van der Waals surface area (Å²) in [5.41, 5.74) is 5.70. The number of ketones is 1. The summed E-state index contributed by atoms with van der Waals surface area (Å²) in [5.74, 6) is 1.54. The van der Waals surface area contributed by atoms with Gasteiger partial charge >= 0.3 is 0 Å². The second-order valence-corrected chi connectivity index (χ2v) is 5.29. The number of rotatable bonds is 3. The number of Topliss-reactive ketones (excluding diaryl/α,β-unsaturated/α-hetero) is 1. The summed E-state index contributed by atoms with van der Waals surface area (Å²) in [7, 11) is 1.84. The number of hydrogen-bond donors (Lipinski definition) is 1. The van der Waals surface area contributed by atoms with E-state index >= 15 is 0 Å². The van der Waals surface area contributed by atoms with Crippen molar-refractivity contribution in [3.8, 4) is 0 Å². The molecule has 2 aromatic heterocycles. The molecule has 7 heteroatoms. The van der Waals surface area contributed by atoms with Crippen molar-refractivity contribution in [1.29, 1.82) is 0 Å². The van der Waals surface area contributed by atoms with E-state index in [1.807, 2.05) is 11.9 Å². The van der Waals surface area contributed by atoms with Crippen LogP contribution in [0.15, 0.2) is 24.7 Å². The molecule has 1 aliphatic heterocycles. The lowest BCUT2D eigenvalue weighted by atomic mass is 9.93. The predicted molar refractivity (Wildman–Crippen MR) is 78.9 cm³/mol. The number of aryl methyl sites for hydroxylation is 1. The smallest absolute Gasteiger partial charge is 0.227 e. The van der Waals surface area contributed by atoms with Gasteiger partial charge in [-0.1, -0.05) is 0 Å². The first-order chi connectivity index (χ1) is 10.1. The fourth-order valence-electron chi connectivity index (χ4n) is 2.67. The molecule has 2 N–H and O–H groups in total. The van der Waals surface area contributed by atoms with Crippen LogP contribution in [0.1, 0.15) is 23.5 Å². The standard InChI is InChI=1S/C14H18N6O/c1-19-8-6-16-13(19)12(21)10-3-2-7-20(9-10)14-17-5-4-11(15)18-14/h4-6,8,10H,2-3,7,9H2,1H3,(H2,15,17,18)/t10-/m0/s1. The van der Waals surface area contributed by atoms with Crippen molar-refractivity contribution in [2.45, 2.75) is 12.8 Å². The van der Waals surface area contributed by atoms with E-state index in [1.165, 1.54) is 0 Å². The van der Waals surface area contributed by atoms with Gasteiger partial charge in [-0.25, -0.2) is 9.97 Å². The summed E-state index contributed by atoms with van der Waals surface area (Å²) >= 11 is 0. The zero-order chi connectivity index (χ0) is 14.8. The van der Waals surface area contributed by atoms with Crippen LogP contribution in [0.5, 0.6) is 0 Å². The molecule has 0 spiro atoms. The van der Waals surface area contributed by atoms with E-state index in [9.17, 15) is 4.79 Å². The van der Waals surface area contributed by atoms with Gasteiger partial charge < -0.3 is 15.2 Å².